The number of hydrogen-bond acceptors (Lipinski definition) is 2. The molecule has 0 heterocycles. The molecule has 0 unspecified atom stereocenters. The highest BCUT2D eigenvalue weighted by Crippen LogP contribution is 2.34. The van der Waals surface area contributed by atoms with Gasteiger partial charge >= 0.3 is 0 Å². The molecule has 4 nitrogen and oxygen atoms in total. The van der Waals surface area contributed by atoms with Crippen molar-refractivity contribution in [2.24, 2.45) is 5.92 Å². The Morgan fingerprint density at radius 1 is 1.16 bits per heavy atom. The minimum absolute atomic E-state index is 0.0151. The molecule has 1 atom stereocenters. The summed E-state index contributed by atoms with van der Waals surface area (Å²) in [6.45, 7) is 1.37. The van der Waals surface area contributed by atoms with E-state index in [4.69, 9.17) is 0 Å². The van der Waals surface area contributed by atoms with Crippen molar-refractivity contribution < 1.29 is 14.0 Å². The van der Waals surface area contributed by atoms with Crippen LogP contribution in [0.5, 0.6) is 0 Å². The fraction of sp³-hybridized carbons (Fsp3) is 0.300. The van der Waals surface area contributed by atoms with Gasteiger partial charge in [-0.05, 0) is 48.9 Å². The van der Waals surface area contributed by atoms with E-state index in [2.05, 4.69) is 10.6 Å². The highest BCUT2D eigenvalue weighted by atomic mass is 19.1. The number of anilines is 1. The average molecular weight is 340 g/mol. The van der Waals surface area contributed by atoms with E-state index in [1.165, 1.54) is 25.1 Å². The van der Waals surface area contributed by atoms with Gasteiger partial charge in [0.25, 0.3) is 5.91 Å². The van der Waals surface area contributed by atoms with Crippen LogP contribution >= 0.6 is 0 Å². The molecule has 0 radical (unpaired) electrons. The predicted octanol–water partition coefficient (Wildman–Crippen LogP) is 3.54. The maximum atomic E-state index is 14.1. The van der Waals surface area contributed by atoms with Gasteiger partial charge in [0.2, 0.25) is 5.91 Å². The third-order valence-corrected chi connectivity index (χ3v) is 4.34. The molecule has 130 valence electrons. The monoisotopic (exact) mass is 340 g/mol. The first-order valence-electron chi connectivity index (χ1n) is 8.45. The highest BCUT2D eigenvalue weighted by molar-refractivity contribution is 5.97. The van der Waals surface area contributed by atoms with Crippen LogP contribution in [0.4, 0.5) is 10.1 Å². The van der Waals surface area contributed by atoms with Crippen LogP contribution in [-0.4, -0.2) is 17.9 Å². The Morgan fingerprint density at radius 2 is 1.88 bits per heavy atom. The standard InChI is InChI=1S/C20H21FN2O2/c1-13(24)22-16-9-10-18(21)17(12-16)20(25)23-19(15-7-8-15)11-14-5-3-2-4-6-14/h2-6,9-10,12,15,19H,7-8,11H2,1H3,(H,22,24)(H,23,25)/t19-/m0/s1. The summed E-state index contributed by atoms with van der Waals surface area (Å²) in [5.41, 5.74) is 1.50. The lowest BCUT2D eigenvalue weighted by molar-refractivity contribution is -0.114. The molecular formula is C20H21FN2O2. The van der Waals surface area contributed by atoms with Crippen LogP contribution in [0, 0.1) is 11.7 Å². The Balaban J connectivity index is 1.74. The molecule has 1 saturated carbocycles. The van der Waals surface area contributed by atoms with E-state index in [0.717, 1.165) is 24.8 Å². The normalized spacial score (nSPS) is 14.6. The number of rotatable bonds is 6. The van der Waals surface area contributed by atoms with Gasteiger partial charge in [0.15, 0.2) is 0 Å². The van der Waals surface area contributed by atoms with Gasteiger partial charge in [0, 0.05) is 18.7 Å². The average Bonchev–Trinajstić information content (AvgIpc) is 3.41. The zero-order valence-corrected chi connectivity index (χ0v) is 14.1. The van der Waals surface area contributed by atoms with Crippen LogP contribution in [0.3, 0.4) is 0 Å². The summed E-state index contributed by atoms with van der Waals surface area (Å²) in [5.74, 6) is -0.873. The molecule has 3 rings (SSSR count). The molecule has 0 aromatic heterocycles. The second-order valence-electron chi connectivity index (χ2n) is 6.48. The maximum absolute atomic E-state index is 14.1. The zero-order valence-electron chi connectivity index (χ0n) is 14.1. The van der Waals surface area contributed by atoms with Crippen LogP contribution < -0.4 is 10.6 Å². The topological polar surface area (TPSA) is 58.2 Å². The lowest BCUT2D eigenvalue weighted by Crippen LogP contribution is -2.38. The van der Waals surface area contributed by atoms with Gasteiger partial charge in [-0.2, -0.15) is 0 Å². The minimum atomic E-state index is -0.596. The SMILES string of the molecule is CC(=O)Nc1ccc(F)c(C(=O)N[C@@H](Cc2ccccc2)C2CC2)c1. The molecule has 0 aliphatic heterocycles. The fourth-order valence-corrected chi connectivity index (χ4v) is 2.93. The van der Waals surface area contributed by atoms with Crippen molar-refractivity contribution in [3.8, 4) is 0 Å². The minimum Gasteiger partial charge on any atom is -0.349 e. The number of amides is 2. The van der Waals surface area contributed by atoms with Crippen LogP contribution in [0.2, 0.25) is 0 Å². The number of halogens is 1. The number of carbonyl (C=O) groups is 2. The van der Waals surface area contributed by atoms with Crippen molar-refractivity contribution in [3.63, 3.8) is 0 Å². The Morgan fingerprint density at radius 3 is 2.52 bits per heavy atom. The highest BCUT2D eigenvalue weighted by Gasteiger charge is 2.32. The molecule has 0 saturated heterocycles. The van der Waals surface area contributed by atoms with Crippen LogP contribution in [0.15, 0.2) is 48.5 Å². The molecule has 0 spiro atoms. The molecule has 1 aliphatic rings. The molecule has 5 heteroatoms. The first-order chi connectivity index (χ1) is 12.0. The van der Waals surface area contributed by atoms with Gasteiger partial charge < -0.3 is 10.6 Å². The second-order valence-corrected chi connectivity index (χ2v) is 6.48. The number of carbonyl (C=O) groups excluding carboxylic acids is 2. The number of benzene rings is 2. The van der Waals surface area contributed by atoms with E-state index in [9.17, 15) is 14.0 Å². The first kappa shape index (κ1) is 17.1. The number of nitrogens with one attached hydrogen (secondary N) is 2. The second kappa shape index (κ2) is 7.47. The Kier molecular flexibility index (Phi) is 5.12. The summed E-state index contributed by atoms with van der Waals surface area (Å²) < 4.78 is 14.1. The van der Waals surface area contributed by atoms with Crippen molar-refractivity contribution in [2.75, 3.05) is 5.32 Å². The van der Waals surface area contributed by atoms with E-state index in [-0.39, 0.29) is 17.5 Å². The fourth-order valence-electron chi connectivity index (χ4n) is 2.93. The Labute approximate surface area is 146 Å². The summed E-state index contributed by atoms with van der Waals surface area (Å²) in [4.78, 5) is 23.7. The molecule has 25 heavy (non-hydrogen) atoms. The van der Waals surface area contributed by atoms with Gasteiger partial charge in [0.05, 0.1) is 5.56 Å². The Hall–Kier alpha value is -2.69. The molecular weight excluding hydrogens is 319 g/mol. The third-order valence-electron chi connectivity index (χ3n) is 4.34. The molecule has 2 aromatic carbocycles. The molecule has 2 N–H and O–H groups in total. The summed E-state index contributed by atoms with van der Waals surface area (Å²) in [6.07, 6.45) is 2.88. The Bertz CT molecular complexity index is 773. The van der Waals surface area contributed by atoms with E-state index < -0.39 is 11.7 Å². The summed E-state index contributed by atoms with van der Waals surface area (Å²) in [6, 6.07) is 13.9. The third kappa shape index (κ3) is 4.66. The van der Waals surface area contributed by atoms with Crippen molar-refractivity contribution >= 4 is 17.5 Å². The van der Waals surface area contributed by atoms with Crippen molar-refractivity contribution in [1.29, 1.82) is 0 Å². The maximum Gasteiger partial charge on any atom is 0.254 e. The van der Waals surface area contributed by atoms with Gasteiger partial charge in [-0.3, -0.25) is 9.59 Å². The summed E-state index contributed by atoms with van der Waals surface area (Å²) >= 11 is 0. The smallest absolute Gasteiger partial charge is 0.254 e. The van der Waals surface area contributed by atoms with Crippen LogP contribution in [-0.2, 0) is 11.2 Å². The molecule has 2 aromatic rings. The molecule has 0 bridgehead atoms. The van der Waals surface area contributed by atoms with Crippen molar-refractivity contribution in [3.05, 3.63) is 65.5 Å². The van der Waals surface area contributed by atoms with Gasteiger partial charge in [-0.25, -0.2) is 4.39 Å². The predicted molar refractivity (Wildman–Crippen MR) is 94.8 cm³/mol. The molecule has 1 aliphatic carbocycles. The lowest BCUT2D eigenvalue weighted by atomic mass is 10.0. The van der Waals surface area contributed by atoms with Crippen LogP contribution in [0.1, 0.15) is 35.7 Å². The summed E-state index contributed by atoms with van der Waals surface area (Å²) in [7, 11) is 0. The zero-order chi connectivity index (χ0) is 17.8. The molecule has 2 amide bonds. The first-order valence-corrected chi connectivity index (χ1v) is 8.45. The van der Waals surface area contributed by atoms with Gasteiger partial charge in [-0.1, -0.05) is 30.3 Å². The van der Waals surface area contributed by atoms with Gasteiger partial charge in [-0.15, -0.1) is 0 Å². The molecule has 1 fully saturated rings. The number of hydrogen-bond donors (Lipinski definition) is 2. The lowest BCUT2D eigenvalue weighted by Gasteiger charge is -2.19. The van der Waals surface area contributed by atoms with E-state index >= 15 is 0 Å². The van der Waals surface area contributed by atoms with E-state index in [0.29, 0.717) is 11.6 Å². The van der Waals surface area contributed by atoms with Crippen molar-refractivity contribution in [2.45, 2.75) is 32.2 Å². The van der Waals surface area contributed by atoms with Crippen molar-refractivity contribution in [1.82, 2.24) is 5.32 Å². The van der Waals surface area contributed by atoms with E-state index in [1.807, 2.05) is 30.3 Å². The van der Waals surface area contributed by atoms with E-state index in [1.54, 1.807) is 0 Å². The summed E-state index contributed by atoms with van der Waals surface area (Å²) in [5, 5.41) is 5.54. The van der Waals surface area contributed by atoms with Gasteiger partial charge in [0.1, 0.15) is 5.82 Å². The quantitative estimate of drug-likeness (QED) is 0.845. The van der Waals surface area contributed by atoms with Crippen LogP contribution in [0.25, 0.3) is 0 Å². The largest absolute Gasteiger partial charge is 0.349 e.